The van der Waals surface area contributed by atoms with E-state index in [4.69, 9.17) is 14.5 Å². The Hall–Kier alpha value is -6.52. The lowest BCUT2D eigenvalue weighted by Gasteiger charge is -2.36. The molecule has 16 nitrogen and oxygen atoms in total. The molecule has 5 atom stereocenters. The average molecular weight is 959 g/mol. The summed E-state index contributed by atoms with van der Waals surface area (Å²) >= 11 is 0. The number of hydrogen-bond donors (Lipinski definition) is 3. The molecule has 2 aromatic heterocycles. The molecule has 0 unspecified atom stereocenters. The number of phenolic OH excluding ortho intramolecular Hbond substituents is 1. The number of nitrogens with zero attached hydrogens (tertiary/aromatic N) is 6. The van der Waals surface area contributed by atoms with Crippen LogP contribution in [0.25, 0.3) is 33.3 Å². The number of ether oxygens (including phenoxy) is 2. The van der Waals surface area contributed by atoms with Crippen molar-refractivity contribution in [2.45, 2.75) is 104 Å². The molecule has 0 aliphatic carbocycles. The zero-order valence-electron chi connectivity index (χ0n) is 42.0. The zero-order valence-corrected chi connectivity index (χ0v) is 42.0. The summed E-state index contributed by atoms with van der Waals surface area (Å²) in [5.74, 6) is -2.01. The van der Waals surface area contributed by atoms with Crippen molar-refractivity contribution in [3.8, 4) is 28.1 Å². The van der Waals surface area contributed by atoms with Gasteiger partial charge in [0, 0.05) is 100 Å². The highest BCUT2D eigenvalue weighted by Crippen LogP contribution is 2.46. The second-order valence-electron chi connectivity index (χ2n) is 20.1. The number of amides is 4. The molecule has 5 heterocycles. The first-order chi connectivity index (χ1) is 33.4. The normalized spacial score (nSPS) is 19.0. The molecule has 0 bridgehead atoms. The predicted molar refractivity (Wildman–Crippen MR) is 271 cm³/mol. The minimum Gasteiger partial charge on any atom is -0.508 e. The first-order valence-electron chi connectivity index (χ1n) is 24.4. The van der Waals surface area contributed by atoms with Crippen LogP contribution in [0.4, 0.5) is 5.69 Å². The number of benzene rings is 2. The Bertz CT molecular complexity index is 2660. The summed E-state index contributed by atoms with van der Waals surface area (Å²) < 4.78 is 13.8. The van der Waals surface area contributed by atoms with Crippen LogP contribution in [-0.4, -0.2) is 132 Å². The second kappa shape index (κ2) is 21.6. The summed E-state index contributed by atoms with van der Waals surface area (Å²) in [5.41, 5.74) is 11.5. The minimum atomic E-state index is -1.10. The molecule has 0 saturated carbocycles. The van der Waals surface area contributed by atoms with Crippen molar-refractivity contribution in [3.05, 3.63) is 90.3 Å². The van der Waals surface area contributed by atoms with Gasteiger partial charge in [0.1, 0.15) is 17.8 Å². The van der Waals surface area contributed by atoms with E-state index >= 15 is 0 Å². The van der Waals surface area contributed by atoms with E-state index in [0.717, 1.165) is 70.3 Å². The van der Waals surface area contributed by atoms with Crippen LogP contribution in [0.1, 0.15) is 83.1 Å². The van der Waals surface area contributed by atoms with Gasteiger partial charge >= 0.3 is 0 Å². The molecule has 70 heavy (non-hydrogen) atoms. The fourth-order valence-corrected chi connectivity index (χ4v) is 10.7. The van der Waals surface area contributed by atoms with E-state index in [1.807, 2.05) is 31.5 Å². The Kier molecular flexibility index (Phi) is 15.9. The molecule has 2 saturated heterocycles. The van der Waals surface area contributed by atoms with Gasteiger partial charge in [0.2, 0.25) is 17.7 Å². The number of likely N-dealkylation sites (N-methyl/N-ethyl adjacent to an activating group) is 1. The highest BCUT2D eigenvalue weighted by atomic mass is 16.5. The lowest BCUT2D eigenvalue weighted by atomic mass is 9.83. The predicted octanol–water partition coefficient (Wildman–Crippen LogP) is 6.35. The van der Waals surface area contributed by atoms with Gasteiger partial charge in [-0.3, -0.25) is 34.0 Å². The van der Waals surface area contributed by atoms with Crippen molar-refractivity contribution < 1.29 is 38.6 Å². The van der Waals surface area contributed by atoms with E-state index < -0.39 is 29.3 Å². The number of methoxy groups -OCH3 is 1. The number of anilines is 1. The van der Waals surface area contributed by atoms with Crippen LogP contribution in [-0.2, 0) is 52.8 Å². The maximum Gasteiger partial charge on any atom is 0.293 e. The number of aromatic nitrogens is 2. The van der Waals surface area contributed by atoms with E-state index in [1.54, 1.807) is 43.1 Å². The number of fused-ring (bicyclic) bond motifs is 2. The molecular weight excluding hydrogens is 889 g/mol. The Balaban J connectivity index is 1.27. The van der Waals surface area contributed by atoms with E-state index in [9.17, 15) is 29.1 Å². The molecule has 2 fully saturated rings. The lowest BCUT2D eigenvalue weighted by Crippen LogP contribution is -2.60. The molecule has 4 aromatic rings. The van der Waals surface area contributed by atoms with Crippen LogP contribution < -0.4 is 15.6 Å². The second-order valence-corrected chi connectivity index (χ2v) is 20.1. The van der Waals surface area contributed by atoms with Crippen LogP contribution in [0.2, 0.25) is 0 Å². The van der Waals surface area contributed by atoms with Crippen LogP contribution >= 0.6 is 0 Å². The number of carbonyl (C=O) groups is 5. The number of pyridine rings is 1. The Morgan fingerprint density at radius 1 is 1.07 bits per heavy atom. The SMILES string of the molecule is C=CC(=O)N1CC[C@H](C(=O)N(C)[C@@H](C(=C)C)C(=O)N[C@@H](Cc2cc(O)cc(-c3ccc4c(c3)c(CC(C)(C)COC=O)c(-c3cncc5c3[C@@H](OC)CCN5C)n4CC)c2)C(=O)N2CCC[C@@H](C)N2)C1. The quantitative estimate of drug-likeness (QED) is 0.0576. The molecule has 16 heteroatoms. The zero-order chi connectivity index (χ0) is 50.6. The van der Waals surface area contributed by atoms with Gasteiger partial charge in [-0.25, -0.2) is 5.43 Å². The van der Waals surface area contributed by atoms with Crippen LogP contribution in [0.15, 0.2) is 73.6 Å². The Morgan fingerprint density at radius 3 is 2.53 bits per heavy atom. The van der Waals surface area contributed by atoms with Crippen LogP contribution in [0.5, 0.6) is 5.75 Å². The number of phenols is 1. The van der Waals surface area contributed by atoms with Gasteiger partial charge in [0.05, 0.1) is 36.2 Å². The Morgan fingerprint density at radius 2 is 1.84 bits per heavy atom. The molecule has 3 aliphatic rings. The minimum absolute atomic E-state index is 0.0172. The number of hydrazine groups is 1. The van der Waals surface area contributed by atoms with Crippen LogP contribution in [0.3, 0.4) is 0 Å². The van der Waals surface area contributed by atoms with Crippen LogP contribution in [0, 0.1) is 11.3 Å². The number of aromatic hydroxyl groups is 1. The summed E-state index contributed by atoms with van der Waals surface area (Å²) in [4.78, 5) is 76.5. The van der Waals surface area contributed by atoms with Crippen molar-refractivity contribution in [3.63, 3.8) is 0 Å². The van der Waals surface area contributed by atoms with E-state index in [2.05, 4.69) is 73.3 Å². The molecule has 0 spiro atoms. The number of hydrogen-bond acceptors (Lipinski definition) is 11. The number of aryl methyl sites for hydroxylation is 1. The summed E-state index contributed by atoms with van der Waals surface area (Å²) in [6.45, 7) is 20.8. The highest BCUT2D eigenvalue weighted by molar-refractivity contribution is 5.97. The fourth-order valence-electron chi connectivity index (χ4n) is 10.7. The fraction of sp³-hybridized carbons (Fsp3) is 0.481. The van der Waals surface area contributed by atoms with Gasteiger partial charge < -0.3 is 39.2 Å². The average Bonchev–Trinajstić information content (AvgIpc) is 3.95. The van der Waals surface area contributed by atoms with Gasteiger partial charge in [0.15, 0.2) is 0 Å². The van der Waals surface area contributed by atoms with Gasteiger partial charge in [-0.05, 0) is 111 Å². The molecule has 7 rings (SSSR count). The first kappa shape index (κ1) is 51.3. The molecular formula is C54H70N8O8. The van der Waals surface area contributed by atoms with Crippen molar-refractivity contribution in [2.75, 3.05) is 58.9 Å². The summed E-state index contributed by atoms with van der Waals surface area (Å²) in [7, 11) is 5.36. The van der Waals surface area contributed by atoms with Crippen molar-refractivity contribution >= 4 is 46.7 Å². The summed E-state index contributed by atoms with van der Waals surface area (Å²) in [6.07, 6.45) is 8.40. The van der Waals surface area contributed by atoms with Gasteiger partial charge in [-0.2, -0.15) is 0 Å². The van der Waals surface area contributed by atoms with Gasteiger partial charge in [-0.1, -0.05) is 39.1 Å². The lowest BCUT2D eigenvalue weighted by molar-refractivity contribution is -0.144. The molecule has 374 valence electrons. The number of likely N-dealkylation sites (tertiary alicyclic amines) is 1. The van der Waals surface area contributed by atoms with E-state index in [-0.39, 0.29) is 55.2 Å². The third-order valence-electron chi connectivity index (χ3n) is 14.1. The summed E-state index contributed by atoms with van der Waals surface area (Å²) in [5, 5.41) is 16.9. The molecule has 3 aliphatic heterocycles. The van der Waals surface area contributed by atoms with E-state index in [1.165, 1.54) is 11.0 Å². The highest BCUT2D eigenvalue weighted by Gasteiger charge is 2.39. The summed E-state index contributed by atoms with van der Waals surface area (Å²) in [6, 6.07) is 9.30. The first-order valence-corrected chi connectivity index (χ1v) is 24.4. The number of nitrogens with one attached hydrogen (secondary N) is 2. The third kappa shape index (κ3) is 10.8. The molecule has 2 aromatic carbocycles. The molecule has 0 radical (unpaired) electrons. The van der Waals surface area contributed by atoms with Crippen molar-refractivity contribution in [1.29, 1.82) is 0 Å². The third-order valence-corrected chi connectivity index (χ3v) is 14.1. The van der Waals surface area contributed by atoms with Gasteiger partial charge in [0.25, 0.3) is 12.4 Å². The largest absolute Gasteiger partial charge is 0.508 e. The standard InChI is InChI=1S/C54H70N8O8/c1-11-47(65)60-21-17-37(30-60)52(67)59(9)49(33(3)4)51(66)56-43(53(68)62-19-13-14-34(5)57-62)24-35-22-38(25-39(64)23-35)36-15-16-44-40(26-36)41(27-54(6,7)31-70-32-63)50(61(44)12-2)42-28-55-29-45-48(42)46(69-10)18-20-58(45)8/h11,15-16,22-23,25-26,28-29,32,34,37,43,46,49,57,64H,1,3,12-14,17-21,24,27,30-31H2,2,4-10H3,(H,56,66)/t34-,37+,43+,46+,49+/m1/s1. The maximum atomic E-state index is 14.5. The van der Waals surface area contributed by atoms with Crippen molar-refractivity contribution in [2.24, 2.45) is 11.3 Å². The smallest absolute Gasteiger partial charge is 0.293 e. The Labute approximate surface area is 411 Å². The number of rotatable bonds is 18. The van der Waals surface area contributed by atoms with Gasteiger partial charge in [-0.15, -0.1) is 0 Å². The molecule has 4 amide bonds. The number of carbonyl (C=O) groups excluding carboxylic acids is 5. The monoisotopic (exact) mass is 959 g/mol. The van der Waals surface area contributed by atoms with Crippen molar-refractivity contribution in [1.82, 2.24) is 35.1 Å². The van der Waals surface area contributed by atoms with E-state index in [0.29, 0.717) is 55.6 Å². The topological polar surface area (TPSA) is 179 Å². The molecule has 3 N–H and O–H groups in total. The maximum absolute atomic E-state index is 14.5.